The summed E-state index contributed by atoms with van der Waals surface area (Å²) in [6.45, 7) is 1.66. The molecule has 14 heavy (non-hydrogen) atoms. The van der Waals surface area contributed by atoms with Gasteiger partial charge in [0.15, 0.2) is 17.1 Å². The van der Waals surface area contributed by atoms with Crippen molar-refractivity contribution in [1.82, 2.24) is 4.98 Å². The molecule has 4 nitrogen and oxygen atoms in total. The monoisotopic (exact) mass is 191 g/mol. The lowest BCUT2D eigenvalue weighted by Crippen LogP contribution is -2.40. The Morgan fingerprint density at radius 2 is 2.21 bits per heavy atom. The van der Waals surface area contributed by atoms with Crippen LogP contribution in [-0.2, 0) is 4.79 Å². The van der Waals surface area contributed by atoms with E-state index in [1.54, 1.807) is 17.8 Å². The molecule has 1 aromatic heterocycles. The molecule has 0 spiro atoms. The number of imidazole rings is 1. The Kier molecular flexibility index (Phi) is 1.96. The maximum Gasteiger partial charge on any atom is 0.349 e. The molecule has 2 aromatic rings. The fourth-order valence-corrected chi connectivity index (χ4v) is 1.47. The van der Waals surface area contributed by atoms with Gasteiger partial charge in [0.2, 0.25) is 6.33 Å². The van der Waals surface area contributed by atoms with E-state index in [2.05, 4.69) is 4.98 Å². The first-order chi connectivity index (χ1) is 6.70. The van der Waals surface area contributed by atoms with Crippen molar-refractivity contribution in [3.8, 4) is 0 Å². The average Bonchev–Trinajstić information content (AvgIpc) is 2.60. The minimum Gasteiger partial charge on any atom is -0.478 e. The fraction of sp³-hybridized carbons (Fsp3) is 0.200. The highest BCUT2D eigenvalue weighted by atomic mass is 16.4. The zero-order valence-corrected chi connectivity index (χ0v) is 7.77. The number of hydrogen-bond acceptors (Lipinski definition) is 1. The number of benzene rings is 1. The molecule has 2 N–H and O–H groups in total. The molecule has 0 radical (unpaired) electrons. The number of hydrogen-bond donors (Lipinski definition) is 2. The van der Waals surface area contributed by atoms with Crippen LogP contribution in [0.5, 0.6) is 0 Å². The van der Waals surface area contributed by atoms with Crippen LogP contribution in [0.4, 0.5) is 0 Å². The zero-order valence-electron chi connectivity index (χ0n) is 7.77. The van der Waals surface area contributed by atoms with Gasteiger partial charge in [-0.3, -0.25) is 0 Å². The molecule has 1 heterocycles. The summed E-state index contributed by atoms with van der Waals surface area (Å²) in [6, 6.07) is 7.06. The van der Waals surface area contributed by atoms with E-state index >= 15 is 0 Å². The number of aromatic amines is 1. The van der Waals surface area contributed by atoms with Gasteiger partial charge in [0.25, 0.3) is 0 Å². The van der Waals surface area contributed by atoms with Gasteiger partial charge in [-0.2, -0.15) is 0 Å². The summed E-state index contributed by atoms with van der Waals surface area (Å²) in [6.07, 6.45) is 1.68. The first-order valence-corrected chi connectivity index (χ1v) is 4.40. The van der Waals surface area contributed by atoms with Crippen LogP contribution in [0.3, 0.4) is 0 Å². The van der Waals surface area contributed by atoms with Crippen molar-refractivity contribution in [2.24, 2.45) is 0 Å². The van der Waals surface area contributed by atoms with E-state index in [9.17, 15) is 4.79 Å². The molecule has 0 aliphatic rings. The summed E-state index contributed by atoms with van der Waals surface area (Å²) in [5, 5.41) is 8.88. The summed E-state index contributed by atoms with van der Waals surface area (Å²) < 4.78 is 1.71. The fourth-order valence-electron chi connectivity index (χ4n) is 1.47. The largest absolute Gasteiger partial charge is 0.478 e. The summed E-state index contributed by atoms with van der Waals surface area (Å²) in [5.74, 6) is -0.834. The van der Waals surface area contributed by atoms with E-state index in [-0.39, 0.29) is 0 Å². The molecule has 1 aromatic carbocycles. The van der Waals surface area contributed by atoms with E-state index in [4.69, 9.17) is 5.11 Å². The lowest BCUT2D eigenvalue weighted by molar-refractivity contribution is -0.682. The van der Waals surface area contributed by atoms with Gasteiger partial charge in [-0.1, -0.05) is 12.1 Å². The van der Waals surface area contributed by atoms with Gasteiger partial charge >= 0.3 is 5.97 Å². The van der Waals surface area contributed by atoms with E-state index in [0.29, 0.717) is 0 Å². The highest BCUT2D eigenvalue weighted by Crippen LogP contribution is 2.08. The first kappa shape index (κ1) is 8.74. The second-order valence-electron chi connectivity index (χ2n) is 3.21. The molecule has 72 valence electrons. The third-order valence-electron chi connectivity index (χ3n) is 2.32. The number of carboxylic acids is 1. The lowest BCUT2D eigenvalue weighted by atomic mass is 10.3. The molecule has 0 saturated carbocycles. The normalized spacial score (nSPS) is 12.9. The molecule has 4 heteroatoms. The summed E-state index contributed by atoms with van der Waals surface area (Å²) in [7, 11) is 0. The summed E-state index contributed by atoms with van der Waals surface area (Å²) in [5.41, 5.74) is 1.85. The molecular formula is C10H11N2O2+. The van der Waals surface area contributed by atoms with Crippen LogP contribution in [0.25, 0.3) is 11.0 Å². The third kappa shape index (κ3) is 1.25. The van der Waals surface area contributed by atoms with Crippen molar-refractivity contribution in [2.75, 3.05) is 0 Å². The van der Waals surface area contributed by atoms with Crippen LogP contribution >= 0.6 is 0 Å². The molecule has 1 atom stereocenters. The van der Waals surface area contributed by atoms with Crippen molar-refractivity contribution in [3.05, 3.63) is 30.6 Å². The zero-order chi connectivity index (χ0) is 10.1. The number of H-pyrrole nitrogens is 1. The van der Waals surface area contributed by atoms with Crippen molar-refractivity contribution in [2.45, 2.75) is 13.0 Å². The van der Waals surface area contributed by atoms with E-state index in [1.807, 2.05) is 24.3 Å². The predicted octanol–water partition coefficient (Wildman–Crippen LogP) is 1.10. The summed E-state index contributed by atoms with van der Waals surface area (Å²) in [4.78, 5) is 13.8. The van der Waals surface area contributed by atoms with Gasteiger partial charge < -0.3 is 5.11 Å². The molecule has 0 aliphatic carbocycles. The number of para-hydroxylation sites is 2. The average molecular weight is 191 g/mol. The molecule has 0 bridgehead atoms. The van der Waals surface area contributed by atoms with E-state index in [0.717, 1.165) is 11.0 Å². The highest BCUT2D eigenvalue weighted by molar-refractivity contribution is 5.73. The number of carboxylic acid groups (broad SMARTS) is 1. The maximum atomic E-state index is 10.8. The number of carbonyl (C=O) groups is 1. The van der Waals surface area contributed by atoms with Gasteiger partial charge in [-0.15, -0.1) is 0 Å². The second-order valence-corrected chi connectivity index (χ2v) is 3.21. The summed E-state index contributed by atoms with van der Waals surface area (Å²) >= 11 is 0. The number of rotatable bonds is 2. The standard InChI is InChI=1S/C10H10N2O2/c1-7(10(13)14)12-6-11-8-4-2-3-5-9(8)12/h2-7H,1H3,(H,13,14)/p+1. The Balaban J connectivity index is 2.58. The first-order valence-electron chi connectivity index (χ1n) is 4.40. The molecule has 0 fully saturated rings. The van der Waals surface area contributed by atoms with Crippen LogP contribution in [-0.4, -0.2) is 16.1 Å². The molecule has 0 aliphatic heterocycles. The maximum absolute atomic E-state index is 10.8. The number of aromatic nitrogens is 2. The van der Waals surface area contributed by atoms with Crippen LogP contribution < -0.4 is 4.57 Å². The predicted molar refractivity (Wildman–Crippen MR) is 50.8 cm³/mol. The van der Waals surface area contributed by atoms with Gasteiger partial charge in [-0.25, -0.2) is 14.3 Å². The number of nitrogens with one attached hydrogen (secondary N) is 1. The molecule has 1 unspecified atom stereocenters. The Morgan fingerprint density at radius 1 is 1.50 bits per heavy atom. The van der Waals surface area contributed by atoms with Crippen LogP contribution in [0.1, 0.15) is 13.0 Å². The van der Waals surface area contributed by atoms with Crippen molar-refractivity contribution >= 4 is 17.0 Å². The van der Waals surface area contributed by atoms with Crippen LogP contribution in [0.15, 0.2) is 30.6 Å². The third-order valence-corrected chi connectivity index (χ3v) is 2.32. The molecule has 2 rings (SSSR count). The molecule has 0 amide bonds. The number of aliphatic carboxylic acids is 1. The van der Waals surface area contributed by atoms with Gasteiger partial charge in [0.05, 0.1) is 0 Å². The minimum absolute atomic E-state index is 0.550. The minimum atomic E-state index is -0.834. The lowest BCUT2D eigenvalue weighted by Gasteiger charge is -2.01. The Bertz CT molecular complexity index is 476. The quantitative estimate of drug-likeness (QED) is 0.698. The Hall–Kier alpha value is -1.84. The van der Waals surface area contributed by atoms with Gasteiger partial charge in [-0.05, 0) is 19.1 Å². The van der Waals surface area contributed by atoms with Crippen molar-refractivity contribution in [1.29, 1.82) is 0 Å². The van der Waals surface area contributed by atoms with Crippen LogP contribution in [0.2, 0.25) is 0 Å². The van der Waals surface area contributed by atoms with Crippen LogP contribution in [0, 0.1) is 0 Å². The number of fused-ring (bicyclic) bond motifs is 1. The van der Waals surface area contributed by atoms with E-state index in [1.165, 1.54) is 0 Å². The number of nitrogens with zero attached hydrogens (tertiary/aromatic N) is 1. The van der Waals surface area contributed by atoms with Gasteiger partial charge in [0.1, 0.15) is 0 Å². The smallest absolute Gasteiger partial charge is 0.349 e. The van der Waals surface area contributed by atoms with Gasteiger partial charge in [0, 0.05) is 0 Å². The van der Waals surface area contributed by atoms with E-state index < -0.39 is 12.0 Å². The molecular weight excluding hydrogens is 180 g/mol. The van der Waals surface area contributed by atoms with Crippen molar-refractivity contribution < 1.29 is 14.5 Å². The highest BCUT2D eigenvalue weighted by Gasteiger charge is 2.21. The topological polar surface area (TPSA) is 57.0 Å². The Labute approximate surface area is 80.8 Å². The second kappa shape index (κ2) is 3.14. The molecule has 0 saturated heterocycles. The Morgan fingerprint density at radius 3 is 2.93 bits per heavy atom. The SMILES string of the molecule is CC(C(=O)O)[n+]1c[nH]c2ccccc21. The van der Waals surface area contributed by atoms with Crippen molar-refractivity contribution in [3.63, 3.8) is 0 Å².